The molecule has 10 heteroatoms. The fraction of sp³-hybridized carbons (Fsp3) is 0.423. The van der Waals surface area contributed by atoms with E-state index in [1.165, 1.54) is 12.4 Å². The number of hydrogen-bond acceptors (Lipinski definition) is 7. The van der Waals surface area contributed by atoms with Crippen LogP contribution in [0.3, 0.4) is 0 Å². The first-order chi connectivity index (χ1) is 17.5. The maximum Gasteiger partial charge on any atom is 0.237 e. The van der Waals surface area contributed by atoms with Gasteiger partial charge in [-0.2, -0.15) is 0 Å². The third-order valence-electron chi connectivity index (χ3n) is 7.14. The second kappa shape index (κ2) is 10.4. The largest absolute Gasteiger partial charge is 0.493 e. The summed E-state index contributed by atoms with van der Waals surface area (Å²) in [7, 11) is 3.29. The third-order valence-corrected chi connectivity index (χ3v) is 7.43. The molecule has 190 valence electrons. The Balaban J connectivity index is 1.33. The molecule has 2 fully saturated rings. The number of fused-ring (bicyclic) bond motifs is 1. The molecule has 3 aromatic rings. The average molecular weight is 514 g/mol. The van der Waals surface area contributed by atoms with Crippen LogP contribution in [-0.4, -0.2) is 59.7 Å². The van der Waals surface area contributed by atoms with Gasteiger partial charge in [-0.1, -0.05) is 17.7 Å². The van der Waals surface area contributed by atoms with Crippen molar-refractivity contribution in [1.82, 2.24) is 20.2 Å². The van der Waals surface area contributed by atoms with Gasteiger partial charge in [0, 0.05) is 31.1 Å². The summed E-state index contributed by atoms with van der Waals surface area (Å²) in [5.74, 6) is 1.16. The van der Waals surface area contributed by atoms with E-state index in [1.807, 2.05) is 6.07 Å². The number of benzene rings is 2. The molecule has 2 N–H and O–H groups in total. The standard InChI is InChI=1S/C26H29ClFN5O3/c1-29-26(34)21-10-11-33(21)15-6-8-16(9-7-15)36-23-12-17-20(13-22(23)35-2)30-14-31-25(17)32-19-5-3-4-18(27)24(19)28/h3-5,12-16,21H,6-11H2,1-2H3,(H,29,34)(H,30,31,32)/t15?,16?,21-/m1/s1. The first kappa shape index (κ1) is 24.5. The molecule has 0 unspecified atom stereocenters. The number of likely N-dealkylation sites (tertiary alicyclic amines) is 1. The molecule has 2 aromatic carbocycles. The van der Waals surface area contributed by atoms with E-state index < -0.39 is 5.82 Å². The Kier molecular flexibility index (Phi) is 7.11. The van der Waals surface area contributed by atoms with Crippen molar-refractivity contribution >= 4 is 39.9 Å². The molecule has 1 saturated carbocycles. The number of anilines is 2. The molecule has 1 amide bonds. The summed E-state index contributed by atoms with van der Waals surface area (Å²) in [6.07, 6.45) is 6.06. The fourth-order valence-corrected chi connectivity index (χ4v) is 5.28. The van der Waals surface area contributed by atoms with Crippen LogP contribution < -0.4 is 20.1 Å². The van der Waals surface area contributed by atoms with Gasteiger partial charge in [0.05, 0.1) is 35.5 Å². The van der Waals surface area contributed by atoms with E-state index in [1.54, 1.807) is 32.4 Å². The Bertz CT molecular complexity index is 1270. The first-order valence-corrected chi connectivity index (χ1v) is 12.5. The molecule has 1 aromatic heterocycles. The van der Waals surface area contributed by atoms with E-state index in [4.69, 9.17) is 21.1 Å². The van der Waals surface area contributed by atoms with Crippen LogP contribution in [-0.2, 0) is 4.79 Å². The molecule has 0 bridgehead atoms. The molecule has 0 radical (unpaired) electrons. The van der Waals surface area contributed by atoms with Crippen LogP contribution in [0.15, 0.2) is 36.7 Å². The van der Waals surface area contributed by atoms with Crippen LogP contribution in [0.4, 0.5) is 15.9 Å². The van der Waals surface area contributed by atoms with Gasteiger partial charge >= 0.3 is 0 Å². The van der Waals surface area contributed by atoms with Crippen LogP contribution in [0.25, 0.3) is 10.9 Å². The van der Waals surface area contributed by atoms with Crippen molar-refractivity contribution in [3.05, 3.63) is 47.5 Å². The van der Waals surface area contributed by atoms with Gasteiger partial charge in [0.25, 0.3) is 0 Å². The zero-order chi connectivity index (χ0) is 25.2. The number of carbonyl (C=O) groups excluding carboxylic acids is 1. The fourth-order valence-electron chi connectivity index (χ4n) is 5.11. The third kappa shape index (κ3) is 4.77. The normalized spacial score (nSPS) is 22.1. The number of likely N-dealkylation sites (N-methyl/N-ethyl adjacent to an activating group) is 1. The Morgan fingerprint density at radius 1 is 1.14 bits per heavy atom. The highest BCUT2D eigenvalue weighted by Crippen LogP contribution is 2.38. The topological polar surface area (TPSA) is 88.6 Å². The van der Waals surface area contributed by atoms with Crippen molar-refractivity contribution in [2.24, 2.45) is 0 Å². The summed E-state index contributed by atoms with van der Waals surface area (Å²) in [6, 6.07) is 8.79. The molecule has 5 rings (SSSR count). The Labute approximate surface area is 214 Å². The minimum atomic E-state index is -0.548. The number of aromatic nitrogens is 2. The van der Waals surface area contributed by atoms with Gasteiger partial charge in [-0.25, -0.2) is 14.4 Å². The van der Waals surface area contributed by atoms with Gasteiger partial charge in [0.1, 0.15) is 12.1 Å². The number of rotatable bonds is 7. The molecular weight excluding hydrogens is 485 g/mol. The number of amides is 1. The number of halogens is 2. The van der Waals surface area contributed by atoms with Gasteiger partial charge < -0.3 is 20.1 Å². The summed E-state index contributed by atoms with van der Waals surface area (Å²) in [5.41, 5.74) is 0.862. The van der Waals surface area contributed by atoms with Gasteiger partial charge in [-0.3, -0.25) is 9.69 Å². The second-order valence-corrected chi connectivity index (χ2v) is 9.58. The number of methoxy groups -OCH3 is 1. The highest BCUT2D eigenvalue weighted by Gasteiger charge is 2.39. The molecule has 1 atom stereocenters. The molecular formula is C26H29ClFN5O3. The average Bonchev–Trinajstić information content (AvgIpc) is 2.87. The van der Waals surface area contributed by atoms with E-state index in [2.05, 4.69) is 25.5 Å². The Morgan fingerprint density at radius 2 is 1.94 bits per heavy atom. The number of nitrogens with one attached hydrogen (secondary N) is 2. The van der Waals surface area contributed by atoms with Gasteiger partial charge in [-0.05, 0) is 50.3 Å². The number of carbonyl (C=O) groups is 1. The van der Waals surface area contributed by atoms with E-state index in [-0.39, 0.29) is 28.8 Å². The van der Waals surface area contributed by atoms with Crippen molar-refractivity contribution in [2.45, 2.75) is 50.3 Å². The van der Waals surface area contributed by atoms with Gasteiger partial charge in [-0.15, -0.1) is 0 Å². The molecule has 8 nitrogen and oxygen atoms in total. The Hall–Kier alpha value is -3.17. The lowest BCUT2D eigenvalue weighted by atomic mass is 9.87. The molecule has 2 aliphatic rings. The summed E-state index contributed by atoms with van der Waals surface area (Å²) in [4.78, 5) is 23.1. The van der Waals surface area contributed by atoms with Crippen LogP contribution in [0.2, 0.25) is 5.02 Å². The van der Waals surface area contributed by atoms with E-state index in [0.717, 1.165) is 38.6 Å². The summed E-state index contributed by atoms with van der Waals surface area (Å²) in [5, 5.41) is 6.50. The summed E-state index contributed by atoms with van der Waals surface area (Å²) < 4.78 is 26.5. The predicted molar refractivity (Wildman–Crippen MR) is 137 cm³/mol. The SMILES string of the molecule is CNC(=O)[C@H]1CCN1C1CCC(Oc2cc3c(Nc4cccc(Cl)c4F)ncnc3cc2OC)CC1. The number of ether oxygens (including phenoxy) is 2. The minimum absolute atomic E-state index is 0.00620. The zero-order valence-corrected chi connectivity index (χ0v) is 21.0. The van der Waals surface area contributed by atoms with Crippen molar-refractivity contribution in [2.75, 3.05) is 26.0 Å². The van der Waals surface area contributed by atoms with Crippen molar-refractivity contribution < 1.29 is 18.7 Å². The van der Waals surface area contributed by atoms with Crippen LogP contribution in [0.1, 0.15) is 32.1 Å². The lowest BCUT2D eigenvalue weighted by Crippen LogP contribution is -2.60. The molecule has 2 heterocycles. The molecule has 0 spiro atoms. The quantitative estimate of drug-likeness (QED) is 0.474. The zero-order valence-electron chi connectivity index (χ0n) is 20.3. The lowest BCUT2D eigenvalue weighted by molar-refractivity contribution is -0.133. The molecule has 36 heavy (non-hydrogen) atoms. The highest BCUT2D eigenvalue weighted by molar-refractivity contribution is 6.31. The monoisotopic (exact) mass is 513 g/mol. The highest BCUT2D eigenvalue weighted by atomic mass is 35.5. The van der Waals surface area contributed by atoms with E-state index in [0.29, 0.717) is 34.3 Å². The molecule has 1 aliphatic carbocycles. The predicted octanol–water partition coefficient (Wildman–Crippen LogP) is 4.68. The number of nitrogens with zero attached hydrogens (tertiary/aromatic N) is 3. The first-order valence-electron chi connectivity index (χ1n) is 12.2. The van der Waals surface area contributed by atoms with Crippen molar-refractivity contribution in [3.63, 3.8) is 0 Å². The molecule has 1 aliphatic heterocycles. The lowest BCUT2D eigenvalue weighted by Gasteiger charge is -2.47. The maximum absolute atomic E-state index is 14.5. The van der Waals surface area contributed by atoms with E-state index >= 15 is 0 Å². The van der Waals surface area contributed by atoms with Gasteiger partial charge in [0.2, 0.25) is 5.91 Å². The van der Waals surface area contributed by atoms with Crippen molar-refractivity contribution in [1.29, 1.82) is 0 Å². The summed E-state index contributed by atoms with van der Waals surface area (Å²) >= 11 is 5.94. The number of hydrogen-bond donors (Lipinski definition) is 2. The van der Waals surface area contributed by atoms with Crippen LogP contribution >= 0.6 is 11.6 Å². The maximum atomic E-state index is 14.5. The Morgan fingerprint density at radius 3 is 2.64 bits per heavy atom. The molecule has 1 saturated heterocycles. The smallest absolute Gasteiger partial charge is 0.237 e. The second-order valence-electron chi connectivity index (χ2n) is 9.17. The van der Waals surface area contributed by atoms with Crippen LogP contribution in [0, 0.1) is 5.82 Å². The van der Waals surface area contributed by atoms with E-state index in [9.17, 15) is 9.18 Å². The van der Waals surface area contributed by atoms with Gasteiger partial charge in [0.15, 0.2) is 17.3 Å². The van der Waals surface area contributed by atoms with Crippen molar-refractivity contribution in [3.8, 4) is 11.5 Å². The van der Waals surface area contributed by atoms with Crippen LogP contribution in [0.5, 0.6) is 11.5 Å². The minimum Gasteiger partial charge on any atom is -0.493 e. The summed E-state index contributed by atoms with van der Waals surface area (Å²) in [6.45, 7) is 0.968.